The molecule has 2 aromatic heterocycles. The summed E-state index contributed by atoms with van der Waals surface area (Å²) in [4.78, 5) is 11.7. The predicted octanol–water partition coefficient (Wildman–Crippen LogP) is 2.38. The van der Waals surface area contributed by atoms with Crippen molar-refractivity contribution in [3.63, 3.8) is 0 Å². The Kier molecular flexibility index (Phi) is 4.46. The first kappa shape index (κ1) is 15.0. The van der Waals surface area contributed by atoms with Crippen molar-refractivity contribution in [2.75, 3.05) is 0 Å². The summed E-state index contributed by atoms with van der Waals surface area (Å²) in [6.07, 6.45) is 3.85. The first-order chi connectivity index (χ1) is 11.2. The van der Waals surface area contributed by atoms with Crippen LogP contribution in [0.4, 0.5) is 0 Å². The first-order valence-corrected chi connectivity index (χ1v) is 7.23. The molecule has 1 aromatic carbocycles. The van der Waals surface area contributed by atoms with Crippen LogP contribution in [-0.4, -0.2) is 25.9 Å². The molecule has 0 aliphatic heterocycles. The van der Waals surface area contributed by atoms with Crippen LogP contribution in [0.5, 0.6) is 0 Å². The van der Waals surface area contributed by atoms with Crippen LogP contribution in [-0.2, 0) is 22.7 Å². The SMILES string of the molecule is Cc1cnn(CCC(=O)OCc2nnc(-c3ccccc3)o2)c1. The summed E-state index contributed by atoms with van der Waals surface area (Å²) in [6.45, 7) is 2.39. The van der Waals surface area contributed by atoms with E-state index in [0.717, 1.165) is 11.1 Å². The molecule has 118 valence electrons. The number of carbonyl (C=O) groups excluding carboxylic acids is 1. The normalized spacial score (nSPS) is 10.7. The van der Waals surface area contributed by atoms with Gasteiger partial charge in [-0.15, -0.1) is 10.2 Å². The smallest absolute Gasteiger partial charge is 0.308 e. The van der Waals surface area contributed by atoms with Gasteiger partial charge in [0, 0.05) is 11.8 Å². The van der Waals surface area contributed by atoms with Crippen LogP contribution < -0.4 is 0 Å². The van der Waals surface area contributed by atoms with Crippen LogP contribution in [0.3, 0.4) is 0 Å². The third kappa shape index (κ3) is 4.03. The molecule has 0 radical (unpaired) electrons. The number of rotatable bonds is 6. The van der Waals surface area contributed by atoms with Crippen LogP contribution in [0.25, 0.3) is 11.5 Å². The molecule has 3 aromatic rings. The van der Waals surface area contributed by atoms with Crippen LogP contribution in [0.2, 0.25) is 0 Å². The molecule has 0 bridgehead atoms. The highest BCUT2D eigenvalue weighted by Crippen LogP contribution is 2.17. The van der Waals surface area contributed by atoms with Crippen LogP contribution >= 0.6 is 0 Å². The lowest BCUT2D eigenvalue weighted by molar-refractivity contribution is -0.145. The maximum absolute atomic E-state index is 11.7. The van der Waals surface area contributed by atoms with Gasteiger partial charge >= 0.3 is 5.97 Å². The molecule has 7 nitrogen and oxygen atoms in total. The summed E-state index contributed by atoms with van der Waals surface area (Å²) in [5.74, 6) is 0.341. The lowest BCUT2D eigenvalue weighted by Crippen LogP contribution is -2.09. The topological polar surface area (TPSA) is 83.0 Å². The van der Waals surface area contributed by atoms with Crippen molar-refractivity contribution < 1.29 is 13.9 Å². The number of carbonyl (C=O) groups is 1. The van der Waals surface area contributed by atoms with Gasteiger partial charge in [-0.2, -0.15) is 5.10 Å². The second kappa shape index (κ2) is 6.87. The molecule has 0 aliphatic carbocycles. The minimum atomic E-state index is -0.336. The predicted molar refractivity (Wildman–Crippen MR) is 81.1 cm³/mol. The molecule has 0 atom stereocenters. The fraction of sp³-hybridized carbons (Fsp3) is 0.250. The molecular weight excluding hydrogens is 296 g/mol. The number of hydrogen-bond acceptors (Lipinski definition) is 6. The lowest BCUT2D eigenvalue weighted by Gasteiger charge is -2.02. The van der Waals surface area contributed by atoms with Crippen molar-refractivity contribution in [3.8, 4) is 11.5 Å². The Hall–Kier alpha value is -2.96. The summed E-state index contributed by atoms with van der Waals surface area (Å²) in [5.41, 5.74) is 1.88. The average molecular weight is 312 g/mol. The van der Waals surface area contributed by atoms with Crippen molar-refractivity contribution >= 4 is 5.97 Å². The van der Waals surface area contributed by atoms with Gasteiger partial charge in [-0.25, -0.2) is 0 Å². The van der Waals surface area contributed by atoms with E-state index in [1.807, 2.05) is 43.5 Å². The minimum Gasteiger partial charge on any atom is -0.456 e. The van der Waals surface area contributed by atoms with Gasteiger partial charge in [0.2, 0.25) is 5.89 Å². The van der Waals surface area contributed by atoms with Gasteiger partial charge in [0.25, 0.3) is 5.89 Å². The third-order valence-electron chi connectivity index (χ3n) is 3.15. The zero-order valence-corrected chi connectivity index (χ0v) is 12.7. The number of ether oxygens (including phenoxy) is 1. The van der Waals surface area contributed by atoms with E-state index in [2.05, 4.69) is 15.3 Å². The molecule has 0 unspecified atom stereocenters. The Balaban J connectivity index is 1.48. The molecule has 0 saturated carbocycles. The van der Waals surface area contributed by atoms with E-state index >= 15 is 0 Å². The molecule has 7 heteroatoms. The quantitative estimate of drug-likeness (QED) is 0.650. The molecule has 0 amide bonds. The van der Waals surface area contributed by atoms with Gasteiger partial charge < -0.3 is 9.15 Å². The van der Waals surface area contributed by atoms with Crippen LogP contribution in [0.15, 0.2) is 47.1 Å². The zero-order chi connectivity index (χ0) is 16.1. The summed E-state index contributed by atoms with van der Waals surface area (Å²) < 4.78 is 12.3. The van der Waals surface area contributed by atoms with Gasteiger partial charge in [-0.1, -0.05) is 18.2 Å². The highest BCUT2D eigenvalue weighted by molar-refractivity contribution is 5.69. The molecular formula is C16H16N4O3. The Morgan fingerprint density at radius 3 is 2.83 bits per heavy atom. The monoisotopic (exact) mass is 312 g/mol. The molecule has 2 heterocycles. The van der Waals surface area contributed by atoms with E-state index < -0.39 is 0 Å². The maximum atomic E-state index is 11.7. The summed E-state index contributed by atoms with van der Waals surface area (Å²) in [7, 11) is 0. The third-order valence-corrected chi connectivity index (χ3v) is 3.15. The number of hydrogen-bond donors (Lipinski definition) is 0. The van der Waals surface area contributed by atoms with Crippen LogP contribution in [0.1, 0.15) is 17.9 Å². The number of benzene rings is 1. The fourth-order valence-corrected chi connectivity index (χ4v) is 2.02. The molecule has 0 saturated heterocycles. The Morgan fingerprint density at radius 2 is 2.09 bits per heavy atom. The zero-order valence-electron chi connectivity index (χ0n) is 12.7. The summed E-state index contributed by atoms with van der Waals surface area (Å²) >= 11 is 0. The Labute approximate surface area is 132 Å². The number of aryl methyl sites for hydroxylation is 2. The Bertz CT molecular complexity index is 779. The van der Waals surface area contributed by atoms with Crippen molar-refractivity contribution in [1.82, 2.24) is 20.0 Å². The molecule has 0 fully saturated rings. The van der Waals surface area contributed by atoms with Crippen LogP contribution in [0, 0.1) is 6.92 Å². The first-order valence-electron chi connectivity index (χ1n) is 7.23. The van der Waals surface area contributed by atoms with E-state index in [4.69, 9.17) is 9.15 Å². The van der Waals surface area contributed by atoms with Crippen molar-refractivity contribution in [3.05, 3.63) is 54.2 Å². The van der Waals surface area contributed by atoms with E-state index in [1.54, 1.807) is 10.9 Å². The number of esters is 1. The van der Waals surface area contributed by atoms with Crippen molar-refractivity contribution in [2.24, 2.45) is 0 Å². The van der Waals surface area contributed by atoms with E-state index in [0.29, 0.717) is 12.4 Å². The van der Waals surface area contributed by atoms with E-state index in [9.17, 15) is 4.79 Å². The molecule has 0 spiro atoms. The standard InChI is InChI=1S/C16H16N4O3/c1-12-9-17-20(10-12)8-7-15(21)22-11-14-18-19-16(23-14)13-5-3-2-4-6-13/h2-6,9-10H,7-8,11H2,1H3. The fourth-order valence-electron chi connectivity index (χ4n) is 2.02. The van der Waals surface area contributed by atoms with E-state index in [-0.39, 0.29) is 24.9 Å². The van der Waals surface area contributed by atoms with Gasteiger partial charge in [0.15, 0.2) is 6.61 Å². The summed E-state index contributed by atoms with van der Waals surface area (Å²) in [5, 5.41) is 11.9. The molecule has 23 heavy (non-hydrogen) atoms. The van der Waals surface area contributed by atoms with Crippen molar-refractivity contribution in [2.45, 2.75) is 26.5 Å². The molecule has 0 aliphatic rings. The molecule has 0 N–H and O–H groups in total. The number of nitrogens with zero attached hydrogens (tertiary/aromatic N) is 4. The largest absolute Gasteiger partial charge is 0.456 e. The maximum Gasteiger partial charge on any atom is 0.308 e. The van der Waals surface area contributed by atoms with Gasteiger partial charge in [-0.3, -0.25) is 9.48 Å². The minimum absolute atomic E-state index is 0.0310. The average Bonchev–Trinajstić information content (AvgIpc) is 3.21. The van der Waals surface area contributed by atoms with Crippen molar-refractivity contribution in [1.29, 1.82) is 0 Å². The second-order valence-electron chi connectivity index (χ2n) is 5.06. The lowest BCUT2D eigenvalue weighted by atomic mass is 10.2. The van der Waals surface area contributed by atoms with Gasteiger partial charge in [0.1, 0.15) is 0 Å². The van der Waals surface area contributed by atoms with Gasteiger partial charge in [0.05, 0.1) is 19.2 Å². The van der Waals surface area contributed by atoms with Gasteiger partial charge in [-0.05, 0) is 24.6 Å². The highest BCUT2D eigenvalue weighted by atomic mass is 16.5. The van der Waals surface area contributed by atoms with E-state index in [1.165, 1.54) is 0 Å². The Morgan fingerprint density at radius 1 is 1.26 bits per heavy atom. The number of aromatic nitrogens is 4. The molecule has 3 rings (SSSR count). The highest BCUT2D eigenvalue weighted by Gasteiger charge is 2.11. The second-order valence-corrected chi connectivity index (χ2v) is 5.06. The summed E-state index contributed by atoms with van der Waals surface area (Å²) in [6, 6.07) is 9.42.